The SMILES string of the molecule is CCN(CC)CCOCCN1c2ccccc2C(C)(C)C12C=Nc1c(c(CBr)cc3ccccc13)O2. The summed E-state index contributed by atoms with van der Waals surface area (Å²) in [5, 5.41) is 2.99. The Morgan fingerprint density at radius 3 is 2.56 bits per heavy atom. The number of ether oxygens (including phenoxy) is 2. The summed E-state index contributed by atoms with van der Waals surface area (Å²) >= 11 is 3.70. The first-order chi connectivity index (χ1) is 17.5. The quantitative estimate of drug-likeness (QED) is 0.220. The second kappa shape index (κ2) is 10.2. The number of likely N-dealkylation sites (N-methyl/N-ethyl adjacent to an activating group) is 1. The summed E-state index contributed by atoms with van der Waals surface area (Å²) in [5.41, 5.74) is 3.42. The number of halogens is 1. The summed E-state index contributed by atoms with van der Waals surface area (Å²) < 4.78 is 13.3. The molecule has 5 rings (SSSR count). The van der Waals surface area contributed by atoms with E-state index in [-0.39, 0.29) is 5.41 Å². The molecule has 0 fully saturated rings. The molecule has 3 aromatic carbocycles. The third-order valence-electron chi connectivity index (χ3n) is 7.89. The standard InChI is InChI=1S/C30H36BrN3O2/c1-5-33(6-2)15-17-35-18-16-34-26-14-10-9-13-25(26)29(3,4)30(34)21-32-27-24-12-8-7-11-22(24)19-23(20-31)28(27)36-30/h7-14,19,21H,5-6,15-18,20H2,1-4H3. The lowest BCUT2D eigenvalue weighted by atomic mass is 9.77. The molecule has 2 aliphatic rings. The topological polar surface area (TPSA) is 37.3 Å². The van der Waals surface area contributed by atoms with Crippen LogP contribution in [0.5, 0.6) is 5.75 Å². The van der Waals surface area contributed by atoms with Crippen molar-refractivity contribution in [2.45, 2.75) is 44.2 Å². The highest BCUT2D eigenvalue weighted by molar-refractivity contribution is 9.08. The molecule has 1 atom stereocenters. The van der Waals surface area contributed by atoms with Gasteiger partial charge in [-0.1, -0.05) is 72.2 Å². The Morgan fingerprint density at radius 1 is 1.03 bits per heavy atom. The van der Waals surface area contributed by atoms with Crippen molar-refractivity contribution in [3.8, 4) is 5.75 Å². The zero-order valence-corrected chi connectivity index (χ0v) is 23.3. The number of fused-ring (bicyclic) bond motifs is 4. The second-order valence-corrected chi connectivity index (χ2v) is 10.6. The number of hydrogen-bond donors (Lipinski definition) is 0. The van der Waals surface area contributed by atoms with Gasteiger partial charge in [0.25, 0.3) is 0 Å². The monoisotopic (exact) mass is 549 g/mol. The Labute approximate surface area is 223 Å². The summed E-state index contributed by atoms with van der Waals surface area (Å²) in [6.07, 6.45) is 2.04. The van der Waals surface area contributed by atoms with Crippen LogP contribution in [-0.4, -0.2) is 56.2 Å². The Hall–Kier alpha value is -2.41. The number of hydrogen-bond acceptors (Lipinski definition) is 5. The Bertz CT molecular complexity index is 1270. The predicted molar refractivity (Wildman–Crippen MR) is 154 cm³/mol. The lowest BCUT2D eigenvalue weighted by Gasteiger charge is -2.46. The average Bonchev–Trinajstić information content (AvgIpc) is 3.08. The van der Waals surface area contributed by atoms with Gasteiger partial charge in [0.1, 0.15) is 5.69 Å². The van der Waals surface area contributed by atoms with Gasteiger partial charge in [0.2, 0.25) is 5.72 Å². The lowest BCUT2D eigenvalue weighted by Crippen LogP contribution is -2.63. The maximum Gasteiger partial charge on any atom is 0.229 e. The molecule has 2 heterocycles. The number of alkyl halides is 1. The van der Waals surface area contributed by atoms with Crippen molar-refractivity contribution < 1.29 is 9.47 Å². The normalized spacial score (nSPS) is 19.7. The van der Waals surface area contributed by atoms with Gasteiger partial charge in [-0.3, -0.25) is 4.99 Å². The van der Waals surface area contributed by atoms with Gasteiger partial charge in [-0.15, -0.1) is 0 Å². The van der Waals surface area contributed by atoms with E-state index in [2.05, 4.69) is 108 Å². The zero-order valence-electron chi connectivity index (χ0n) is 21.8. The van der Waals surface area contributed by atoms with Crippen LogP contribution in [0.3, 0.4) is 0 Å². The molecular formula is C30H36BrN3O2. The van der Waals surface area contributed by atoms with Crippen molar-refractivity contribution in [3.63, 3.8) is 0 Å². The predicted octanol–water partition coefficient (Wildman–Crippen LogP) is 6.68. The molecule has 0 saturated heterocycles. The fourth-order valence-electron chi connectivity index (χ4n) is 5.68. The Kier molecular flexibility index (Phi) is 7.12. The van der Waals surface area contributed by atoms with E-state index in [1.165, 1.54) is 16.6 Å². The molecule has 0 radical (unpaired) electrons. The Morgan fingerprint density at radius 2 is 1.78 bits per heavy atom. The summed E-state index contributed by atoms with van der Waals surface area (Å²) in [5.74, 6) is 0.862. The smallest absolute Gasteiger partial charge is 0.229 e. The van der Waals surface area contributed by atoms with Crippen LogP contribution in [-0.2, 0) is 15.5 Å². The third-order valence-corrected chi connectivity index (χ3v) is 8.50. The number of nitrogens with zero attached hydrogens (tertiary/aromatic N) is 3. The van der Waals surface area contributed by atoms with Crippen LogP contribution < -0.4 is 9.64 Å². The minimum atomic E-state index is -0.745. The van der Waals surface area contributed by atoms with E-state index in [0.29, 0.717) is 11.9 Å². The fourth-order valence-corrected chi connectivity index (χ4v) is 6.10. The summed E-state index contributed by atoms with van der Waals surface area (Å²) in [7, 11) is 0. The molecular weight excluding hydrogens is 514 g/mol. The number of rotatable bonds is 9. The largest absolute Gasteiger partial charge is 0.459 e. The van der Waals surface area contributed by atoms with Crippen molar-refractivity contribution >= 4 is 44.3 Å². The van der Waals surface area contributed by atoms with Gasteiger partial charge >= 0.3 is 0 Å². The molecule has 1 spiro atoms. The number of benzene rings is 3. The highest BCUT2D eigenvalue weighted by Crippen LogP contribution is 2.55. The molecule has 5 nitrogen and oxygen atoms in total. The van der Waals surface area contributed by atoms with Gasteiger partial charge in [-0.2, -0.15) is 0 Å². The molecule has 0 aliphatic carbocycles. The maximum atomic E-state index is 7.13. The highest BCUT2D eigenvalue weighted by Gasteiger charge is 2.59. The minimum Gasteiger partial charge on any atom is -0.459 e. The van der Waals surface area contributed by atoms with Crippen LogP contribution in [0.25, 0.3) is 10.8 Å². The summed E-state index contributed by atoms with van der Waals surface area (Å²) in [6, 6.07) is 19.2. The molecule has 0 N–H and O–H groups in total. The van der Waals surface area contributed by atoms with Crippen LogP contribution in [0.4, 0.5) is 11.4 Å². The number of anilines is 1. The van der Waals surface area contributed by atoms with Crippen molar-refractivity contribution in [2.24, 2.45) is 4.99 Å². The molecule has 6 heteroatoms. The van der Waals surface area contributed by atoms with E-state index in [0.717, 1.165) is 55.2 Å². The molecule has 0 bridgehead atoms. The van der Waals surface area contributed by atoms with E-state index in [4.69, 9.17) is 14.5 Å². The maximum absolute atomic E-state index is 7.13. The number of para-hydroxylation sites is 1. The van der Waals surface area contributed by atoms with Crippen LogP contribution in [0.1, 0.15) is 38.8 Å². The minimum absolute atomic E-state index is 0.318. The van der Waals surface area contributed by atoms with Gasteiger partial charge in [0.05, 0.1) is 24.8 Å². The molecule has 0 saturated carbocycles. The van der Waals surface area contributed by atoms with Gasteiger partial charge in [0.15, 0.2) is 5.75 Å². The molecule has 0 aromatic heterocycles. The second-order valence-electron chi connectivity index (χ2n) is 10.1. The average molecular weight is 551 g/mol. The first-order valence-corrected chi connectivity index (χ1v) is 14.1. The van der Waals surface area contributed by atoms with Crippen LogP contribution in [0, 0.1) is 0 Å². The summed E-state index contributed by atoms with van der Waals surface area (Å²) in [6.45, 7) is 14.0. The number of aliphatic imine (C=N–C) groups is 1. The van der Waals surface area contributed by atoms with Crippen LogP contribution in [0.15, 0.2) is 59.6 Å². The van der Waals surface area contributed by atoms with Crippen LogP contribution >= 0.6 is 15.9 Å². The van der Waals surface area contributed by atoms with E-state index in [1.54, 1.807) is 0 Å². The molecule has 0 amide bonds. The van der Waals surface area contributed by atoms with E-state index < -0.39 is 5.72 Å². The van der Waals surface area contributed by atoms with Crippen molar-refractivity contribution in [1.82, 2.24) is 4.90 Å². The van der Waals surface area contributed by atoms with Gasteiger partial charge < -0.3 is 19.3 Å². The fraction of sp³-hybridized carbons (Fsp3) is 0.433. The molecule has 190 valence electrons. The Balaban J connectivity index is 1.50. The van der Waals surface area contributed by atoms with Gasteiger partial charge in [-0.05, 0) is 50.0 Å². The van der Waals surface area contributed by atoms with E-state index >= 15 is 0 Å². The van der Waals surface area contributed by atoms with Crippen molar-refractivity contribution in [3.05, 3.63) is 65.7 Å². The van der Waals surface area contributed by atoms with E-state index in [1.807, 2.05) is 6.21 Å². The van der Waals surface area contributed by atoms with E-state index in [9.17, 15) is 0 Å². The lowest BCUT2D eigenvalue weighted by molar-refractivity contribution is 0.0627. The molecule has 3 aromatic rings. The molecule has 1 unspecified atom stereocenters. The van der Waals surface area contributed by atoms with Crippen molar-refractivity contribution in [2.75, 3.05) is 44.3 Å². The van der Waals surface area contributed by atoms with Gasteiger partial charge in [0, 0.05) is 35.1 Å². The zero-order chi connectivity index (χ0) is 25.3. The van der Waals surface area contributed by atoms with Gasteiger partial charge in [-0.25, -0.2) is 0 Å². The highest BCUT2D eigenvalue weighted by atomic mass is 79.9. The van der Waals surface area contributed by atoms with Crippen molar-refractivity contribution in [1.29, 1.82) is 0 Å². The summed E-state index contributed by atoms with van der Waals surface area (Å²) in [4.78, 5) is 9.87. The molecule has 36 heavy (non-hydrogen) atoms. The van der Waals surface area contributed by atoms with Crippen LogP contribution in [0.2, 0.25) is 0 Å². The third kappa shape index (κ3) is 4.04. The first-order valence-electron chi connectivity index (χ1n) is 13.0. The first kappa shape index (κ1) is 25.2. The molecule has 2 aliphatic heterocycles.